The van der Waals surface area contributed by atoms with Crippen molar-refractivity contribution < 1.29 is 9.32 Å². The van der Waals surface area contributed by atoms with E-state index in [0.717, 1.165) is 49.0 Å². The van der Waals surface area contributed by atoms with Crippen molar-refractivity contribution in [1.82, 2.24) is 15.5 Å². The second-order valence-electron chi connectivity index (χ2n) is 5.89. The number of amides is 1. The molecule has 2 N–H and O–H groups in total. The quantitative estimate of drug-likeness (QED) is 0.885. The van der Waals surface area contributed by atoms with Gasteiger partial charge in [-0.1, -0.05) is 24.6 Å². The summed E-state index contributed by atoms with van der Waals surface area (Å²) in [4.78, 5) is 16.7. The number of carbonyl (C=O) groups excluding carboxylic acids is 1. The van der Waals surface area contributed by atoms with Crippen LogP contribution in [0.25, 0.3) is 11.5 Å². The van der Waals surface area contributed by atoms with Gasteiger partial charge in [0.25, 0.3) is 5.89 Å². The SMILES string of the molecule is CCc1noc(-c2ccc(C)c(NC(=O)C3CCCCN3)c2)n1.Cl. The third-order valence-corrected chi connectivity index (χ3v) is 4.15. The molecular weight excluding hydrogens is 328 g/mol. The molecule has 130 valence electrons. The van der Waals surface area contributed by atoms with Crippen molar-refractivity contribution in [3.8, 4) is 11.5 Å². The number of nitrogens with one attached hydrogen (secondary N) is 2. The topological polar surface area (TPSA) is 80.0 Å². The lowest BCUT2D eigenvalue weighted by molar-refractivity contribution is -0.118. The van der Waals surface area contributed by atoms with Crippen LogP contribution < -0.4 is 10.6 Å². The summed E-state index contributed by atoms with van der Waals surface area (Å²) in [5.74, 6) is 1.18. The molecule has 1 fully saturated rings. The third kappa shape index (κ3) is 4.13. The van der Waals surface area contributed by atoms with Crippen molar-refractivity contribution in [2.45, 2.75) is 45.6 Å². The van der Waals surface area contributed by atoms with Gasteiger partial charge in [-0.2, -0.15) is 4.98 Å². The fourth-order valence-electron chi connectivity index (χ4n) is 2.70. The van der Waals surface area contributed by atoms with Crippen molar-refractivity contribution >= 4 is 24.0 Å². The first-order chi connectivity index (χ1) is 11.2. The van der Waals surface area contributed by atoms with Crippen LogP contribution in [0.5, 0.6) is 0 Å². The number of piperidine rings is 1. The molecule has 2 heterocycles. The molecule has 0 radical (unpaired) electrons. The highest BCUT2D eigenvalue weighted by molar-refractivity contribution is 5.96. The number of aromatic nitrogens is 2. The number of nitrogens with zero attached hydrogens (tertiary/aromatic N) is 2. The van der Waals surface area contributed by atoms with E-state index in [4.69, 9.17) is 4.52 Å². The largest absolute Gasteiger partial charge is 0.334 e. The molecule has 6 nitrogen and oxygen atoms in total. The summed E-state index contributed by atoms with van der Waals surface area (Å²) in [6.45, 7) is 4.85. The first-order valence-electron chi connectivity index (χ1n) is 8.15. The monoisotopic (exact) mass is 350 g/mol. The Bertz CT molecular complexity index is 696. The highest BCUT2D eigenvalue weighted by Gasteiger charge is 2.21. The summed E-state index contributed by atoms with van der Waals surface area (Å²) in [6, 6.07) is 5.66. The van der Waals surface area contributed by atoms with Gasteiger partial charge in [-0.05, 0) is 44.0 Å². The van der Waals surface area contributed by atoms with E-state index in [1.165, 1.54) is 0 Å². The molecule has 1 aromatic heterocycles. The van der Waals surface area contributed by atoms with Crippen LogP contribution in [0.15, 0.2) is 22.7 Å². The zero-order valence-corrected chi connectivity index (χ0v) is 14.8. The Morgan fingerprint density at radius 1 is 1.42 bits per heavy atom. The maximum Gasteiger partial charge on any atom is 0.257 e. The molecule has 1 aliphatic heterocycles. The Labute approximate surface area is 147 Å². The number of aryl methyl sites for hydroxylation is 2. The van der Waals surface area contributed by atoms with Gasteiger partial charge in [0.2, 0.25) is 5.91 Å². The summed E-state index contributed by atoms with van der Waals surface area (Å²) < 4.78 is 5.27. The standard InChI is InChI=1S/C17H22N4O2.ClH/c1-3-15-20-17(23-21-15)12-8-7-11(2)14(10-12)19-16(22)13-6-4-5-9-18-13;/h7-8,10,13,18H,3-6,9H2,1-2H3,(H,19,22);1H. The van der Waals surface area contributed by atoms with Crippen molar-refractivity contribution in [2.24, 2.45) is 0 Å². The summed E-state index contributed by atoms with van der Waals surface area (Å²) in [5.41, 5.74) is 2.61. The van der Waals surface area contributed by atoms with E-state index in [9.17, 15) is 4.79 Å². The fraction of sp³-hybridized carbons (Fsp3) is 0.471. The molecule has 1 amide bonds. The van der Waals surface area contributed by atoms with Gasteiger partial charge < -0.3 is 15.2 Å². The minimum atomic E-state index is -0.109. The molecule has 2 aromatic rings. The van der Waals surface area contributed by atoms with Crippen LogP contribution in [0.1, 0.15) is 37.6 Å². The van der Waals surface area contributed by atoms with Crippen LogP contribution in [0.2, 0.25) is 0 Å². The zero-order valence-electron chi connectivity index (χ0n) is 14.0. The molecule has 1 atom stereocenters. The lowest BCUT2D eigenvalue weighted by atomic mass is 10.0. The van der Waals surface area contributed by atoms with E-state index in [1.807, 2.05) is 32.0 Å². The van der Waals surface area contributed by atoms with Gasteiger partial charge in [-0.15, -0.1) is 12.4 Å². The number of benzene rings is 1. The third-order valence-electron chi connectivity index (χ3n) is 4.15. The number of anilines is 1. The van der Waals surface area contributed by atoms with Crippen molar-refractivity contribution in [1.29, 1.82) is 0 Å². The Balaban J connectivity index is 0.00000208. The second kappa shape index (κ2) is 8.26. The number of hydrogen-bond acceptors (Lipinski definition) is 5. The van der Waals surface area contributed by atoms with E-state index in [2.05, 4.69) is 20.8 Å². The molecule has 1 unspecified atom stereocenters. The second-order valence-corrected chi connectivity index (χ2v) is 5.89. The molecule has 24 heavy (non-hydrogen) atoms. The van der Waals surface area contributed by atoms with Crippen molar-refractivity contribution in [3.05, 3.63) is 29.6 Å². The number of rotatable bonds is 4. The molecule has 1 saturated heterocycles. The molecular formula is C17H23ClN4O2. The first-order valence-corrected chi connectivity index (χ1v) is 8.15. The minimum absolute atomic E-state index is 0. The Hall–Kier alpha value is -1.92. The smallest absolute Gasteiger partial charge is 0.257 e. The van der Waals surface area contributed by atoms with Crippen LogP contribution in [0.3, 0.4) is 0 Å². The van der Waals surface area contributed by atoms with Crippen molar-refractivity contribution in [3.63, 3.8) is 0 Å². The van der Waals surface area contributed by atoms with Gasteiger partial charge in [0.1, 0.15) is 0 Å². The van der Waals surface area contributed by atoms with E-state index >= 15 is 0 Å². The van der Waals surface area contributed by atoms with Crippen LogP contribution in [-0.4, -0.2) is 28.6 Å². The first kappa shape index (κ1) is 18.4. The summed E-state index contributed by atoms with van der Waals surface area (Å²) >= 11 is 0. The Morgan fingerprint density at radius 3 is 2.92 bits per heavy atom. The van der Waals surface area contributed by atoms with Gasteiger partial charge in [-0.25, -0.2) is 0 Å². The van der Waals surface area contributed by atoms with Crippen LogP contribution in [-0.2, 0) is 11.2 Å². The molecule has 3 rings (SSSR count). The Morgan fingerprint density at radius 2 is 2.25 bits per heavy atom. The van der Waals surface area contributed by atoms with Gasteiger partial charge in [0.15, 0.2) is 5.82 Å². The number of hydrogen-bond donors (Lipinski definition) is 2. The van der Waals surface area contributed by atoms with Crippen molar-refractivity contribution in [2.75, 3.05) is 11.9 Å². The predicted octanol–water partition coefficient (Wildman–Crippen LogP) is 3.11. The highest BCUT2D eigenvalue weighted by Crippen LogP contribution is 2.25. The lowest BCUT2D eigenvalue weighted by Crippen LogP contribution is -2.43. The average molecular weight is 351 g/mol. The van der Waals surface area contributed by atoms with Crippen LogP contribution >= 0.6 is 12.4 Å². The summed E-state index contributed by atoms with van der Waals surface area (Å²) in [6.07, 6.45) is 3.83. The number of halogens is 1. The summed E-state index contributed by atoms with van der Waals surface area (Å²) in [5, 5.41) is 10.2. The van der Waals surface area contributed by atoms with Gasteiger partial charge in [0, 0.05) is 17.7 Å². The van der Waals surface area contributed by atoms with E-state index < -0.39 is 0 Å². The van der Waals surface area contributed by atoms with E-state index in [1.54, 1.807) is 0 Å². The lowest BCUT2D eigenvalue weighted by Gasteiger charge is -2.23. The molecule has 7 heteroatoms. The molecule has 0 aliphatic carbocycles. The molecule has 1 aliphatic rings. The Kier molecular flexibility index (Phi) is 6.34. The van der Waals surface area contributed by atoms with Gasteiger partial charge >= 0.3 is 0 Å². The van der Waals surface area contributed by atoms with E-state index in [0.29, 0.717) is 11.7 Å². The highest BCUT2D eigenvalue weighted by atomic mass is 35.5. The van der Waals surface area contributed by atoms with Gasteiger partial charge in [-0.3, -0.25) is 4.79 Å². The zero-order chi connectivity index (χ0) is 16.2. The molecule has 0 spiro atoms. The molecule has 0 bridgehead atoms. The minimum Gasteiger partial charge on any atom is -0.334 e. The number of carbonyl (C=O) groups is 1. The van der Waals surface area contributed by atoms with Crippen LogP contribution in [0, 0.1) is 6.92 Å². The maximum absolute atomic E-state index is 12.4. The molecule has 0 saturated carbocycles. The van der Waals surface area contributed by atoms with Crippen LogP contribution in [0.4, 0.5) is 5.69 Å². The normalized spacial score (nSPS) is 17.2. The van der Waals surface area contributed by atoms with E-state index in [-0.39, 0.29) is 24.4 Å². The van der Waals surface area contributed by atoms with Gasteiger partial charge in [0.05, 0.1) is 6.04 Å². The summed E-state index contributed by atoms with van der Waals surface area (Å²) in [7, 11) is 0. The maximum atomic E-state index is 12.4. The average Bonchev–Trinajstić information content (AvgIpc) is 3.07. The fourth-order valence-corrected chi connectivity index (χ4v) is 2.70. The predicted molar refractivity (Wildman–Crippen MR) is 95.4 cm³/mol. The molecule has 1 aromatic carbocycles.